The van der Waals surface area contributed by atoms with Crippen LogP contribution in [0.3, 0.4) is 0 Å². The first kappa shape index (κ1) is 17.7. The van der Waals surface area contributed by atoms with Gasteiger partial charge in [-0.3, -0.25) is 0 Å². The number of carbonyl (C=O) groups is 2. The van der Waals surface area contributed by atoms with Crippen molar-refractivity contribution in [2.75, 3.05) is 13.1 Å². The quantitative estimate of drug-likeness (QED) is 0.911. The maximum Gasteiger partial charge on any atom is 0.408 e. The van der Waals surface area contributed by atoms with Crippen LogP contribution in [0.15, 0.2) is 30.3 Å². The summed E-state index contributed by atoms with van der Waals surface area (Å²) in [4.78, 5) is 30.0. The highest BCUT2D eigenvalue weighted by Gasteiger charge is 2.59. The van der Waals surface area contributed by atoms with Crippen molar-refractivity contribution in [2.45, 2.75) is 45.3 Å². The van der Waals surface area contributed by atoms with Gasteiger partial charge in [0.25, 0.3) is 0 Å². The molecular formula is C19H26N2O4. The van der Waals surface area contributed by atoms with Crippen LogP contribution in [0.25, 0.3) is 0 Å². The Labute approximate surface area is 148 Å². The van der Waals surface area contributed by atoms with Gasteiger partial charge in [-0.1, -0.05) is 25.1 Å². The minimum Gasteiger partial charge on any atom is -0.444 e. The van der Waals surface area contributed by atoms with Crippen molar-refractivity contribution < 1.29 is 19.2 Å². The number of hydrogen-bond acceptors (Lipinski definition) is 5. The van der Waals surface area contributed by atoms with E-state index in [0.29, 0.717) is 24.6 Å². The van der Waals surface area contributed by atoms with Gasteiger partial charge in [-0.2, -0.15) is 0 Å². The molecule has 1 amide bonds. The molecule has 0 spiro atoms. The van der Waals surface area contributed by atoms with Crippen molar-refractivity contribution >= 4 is 12.1 Å². The predicted molar refractivity (Wildman–Crippen MR) is 92.8 cm³/mol. The van der Waals surface area contributed by atoms with Crippen LogP contribution in [-0.4, -0.2) is 41.4 Å². The first-order valence-corrected chi connectivity index (χ1v) is 8.72. The molecule has 1 N–H and O–H groups in total. The fourth-order valence-electron chi connectivity index (χ4n) is 3.89. The van der Waals surface area contributed by atoms with Crippen LogP contribution in [0.1, 0.15) is 44.5 Å². The van der Waals surface area contributed by atoms with Crippen LogP contribution in [0.4, 0.5) is 4.79 Å². The molecule has 2 fully saturated rings. The first-order valence-electron chi connectivity index (χ1n) is 8.72. The van der Waals surface area contributed by atoms with Gasteiger partial charge in [-0.15, -0.1) is 5.06 Å². The number of rotatable bonds is 3. The third kappa shape index (κ3) is 3.79. The molecule has 0 radical (unpaired) electrons. The highest BCUT2D eigenvalue weighted by molar-refractivity contribution is 5.89. The monoisotopic (exact) mass is 346 g/mol. The minimum absolute atomic E-state index is 0.253. The van der Waals surface area contributed by atoms with Crippen molar-refractivity contribution in [3.05, 3.63) is 35.9 Å². The molecule has 6 nitrogen and oxygen atoms in total. The lowest BCUT2D eigenvalue weighted by Gasteiger charge is -2.49. The van der Waals surface area contributed by atoms with E-state index in [1.807, 2.05) is 26.8 Å². The molecule has 0 bridgehead atoms. The summed E-state index contributed by atoms with van der Waals surface area (Å²) in [6.07, 6.45) is 0.441. The second kappa shape index (κ2) is 6.33. The van der Waals surface area contributed by atoms with Gasteiger partial charge in [-0.05, 0) is 45.2 Å². The molecule has 3 atom stereocenters. The third-order valence-corrected chi connectivity index (χ3v) is 4.91. The second-order valence-corrected chi connectivity index (χ2v) is 8.14. The first-order chi connectivity index (χ1) is 11.7. The molecule has 136 valence electrons. The van der Waals surface area contributed by atoms with Crippen molar-refractivity contribution in [1.82, 2.24) is 10.4 Å². The Kier molecular flexibility index (Phi) is 4.49. The molecule has 1 aliphatic heterocycles. The van der Waals surface area contributed by atoms with E-state index in [-0.39, 0.29) is 17.4 Å². The number of alkyl carbamates (subject to hydrolysis) is 1. The topological polar surface area (TPSA) is 67.9 Å². The van der Waals surface area contributed by atoms with Crippen LogP contribution < -0.4 is 5.32 Å². The molecule has 25 heavy (non-hydrogen) atoms. The molecule has 1 saturated carbocycles. The number of nitrogens with one attached hydrogen (secondary N) is 1. The summed E-state index contributed by atoms with van der Waals surface area (Å²) < 4.78 is 5.39. The number of benzene rings is 1. The van der Waals surface area contributed by atoms with Crippen molar-refractivity contribution in [1.29, 1.82) is 0 Å². The van der Waals surface area contributed by atoms with Crippen LogP contribution in [0.5, 0.6) is 0 Å². The molecule has 6 heteroatoms. The van der Waals surface area contributed by atoms with E-state index in [1.54, 1.807) is 29.3 Å². The van der Waals surface area contributed by atoms with Crippen LogP contribution in [0.2, 0.25) is 0 Å². The zero-order valence-electron chi connectivity index (χ0n) is 15.2. The average Bonchev–Trinajstić information content (AvgIpc) is 2.78. The summed E-state index contributed by atoms with van der Waals surface area (Å²) >= 11 is 0. The molecule has 2 aliphatic rings. The van der Waals surface area contributed by atoms with Crippen molar-refractivity contribution in [2.24, 2.45) is 11.8 Å². The van der Waals surface area contributed by atoms with Gasteiger partial charge in [0.05, 0.1) is 17.6 Å². The zero-order valence-corrected chi connectivity index (χ0v) is 15.2. The lowest BCUT2D eigenvalue weighted by Crippen LogP contribution is -2.64. The lowest BCUT2D eigenvalue weighted by atomic mass is 9.62. The summed E-state index contributed by atoms with van der Waals surface area (Å²) in [5.74, 6) is 0.348. The van der Waals surface area contributed by atoms with Gasteiger partial charge >= 0.3 is 12.1 Å². The smallest absolute Gasteiger partial charge is 0.408 e. The van der Waals surface area contributed by atoms with E-state index >= 15 is 0 Å². The molecule has 1 aliphatic carbocycles. The molecule has 3 rings (SSSR count). The van der Waals surface area contributed by atoms with E-state index in [0.717, 1.165) is 6.42 Å². The van der Waals surface area contributed by atoms with Gasteiger partial charge in [0.15, 0.2) is 0 Å². The number of amides is 1. The average molecular weight is 346 g/mol. The minimum atomic E-state index is -0.538. The molecular weight excluding hydrogens is 320 g/mol. The molecule has 1 saturated heterocycles. The molecule has 0 unspecified atom stereocenters. The van der Waals surface area contributed by atoms with Gasteiger partial charge in [0, 0.05) is 12.5 Å². The Morgan fingerprint density at radius 3 is 2.52 bits per heavy atom. The lowest BCUT2D eigenvalue weighted by molar-refractivity contribution is -0.0967. The predicted octanol–water partition coefficient (Wildman–Crippen LogP) is 2.99. The van der Waals surface area contributed by atoms with Gasteiger partial charge in [-0.25, -0.2) is 9.59 Å². The Morgan fingerprint density at radius 2 is 1.92 bits per heavy atom. The second-order valence-electron chi connectivity index (χ2n) is 8.14. The molecule has 1 aromatic rings. The SMILES string of the molecule is C[C@@H]1C[C@]2(NC(=O)OC(C)(C)C)CN(OC(=O)c3ccccc3)C[C@H]12. The zero-order chi connectivity index (χ0) is 18.2. The van der Waals surface area contributed by atoms with Gasteiger partial charge < -0.3 is 14.9 Å². The third-order valence-electron chi connectivity index (χ3n) is 4.91. The summed E-state index contributed by atoms with van der Waals surface area (Å²) in [6.45, 7) is 8.78. The molecule has 1 heterocycles. The van der Waals surface area contributed by atoms with Crippen LogP contribution in [-0.2, 0) is 9.57 Å². The normalized spacial score (nSPS) is 28.6. The van der Waals surface area contributed by atoms with E-state index in [1.165, 1.54) is 0 Å². The Bertz CT molecular complexity index is 655. The number of carbonyl (C=O) groups excluding carboxylic acids is 2. The summed E-state index contributed by atoms with van der Waals surface area (Å²) in [5.41, 5.74) is -0.397. The summed E-state index contributed by atoms with van der Waals surface area (Å²) in [6, 6.07) is 8.92. The maximum atomic E-state index is 12.3. The number of hydroxylamine groups is 2. The van der Waals surface area contributed by atoms with Crippen LogP contribution >= 0.6 is 0 Å². The van der Waals surface area contributed by atoms with E-state index in [2.05, 4.69) is 12.2 Å². The highest BCUT2D eigenvalue weighted by atomic mass is 16.7. The van der Waals surface area contributed by atoms with E-state index < -0.39 is 11.7 Å². The standard InChI is InChI=1S/C19H26N2O4/c1-13-10-19(20-17(23)24-18(2,3)4)12-21(11-15(13)19)25-16(22)14-8-6-5-7-9-14/h5-9,13,15H,10-12H2,1-4H3,(H,20,23)/t13-,15-,19+/m1/s1. The number of nitrogens with zero attached hydrogens (tertiary/aromatic N) is 1. The molecule has 1 aromatic carbocycles. The largest absolute Gasteiger partial charge is 0.444 e. The van der Waals surface area contributed by atoms with Crippen molar-refractivity contribution in [3.8, 4) is 0 Å². The number of ether oxygens (including phenoxy) is 1. The fourth-order valence-corrected chi connectivity index (χ4v) is 3.89. The van der Waals surface area contributed by atoms with E-state index in [4.69, 9.17) is 9.57 Å². The van der Waals surface area contributed by atoms with Gasteiger partial charge in [0.1, 0.15) is 5.60 Å². The Hall–Kier alpha value is -2.08. The van der Waals surface area contributed by atoms with Crippen LogP contribution in [0, 0.1) is 11.8 Å². The number of hydrogen-bond donors (Lipinski definition) is 1. The number of fused-ring (bicyclic) bond motifs is 1. The fraction of sp³-hybridized carbons (Fsp3) is 0.579. The van der Waals surface area contributed by atoms with E-state index in [9.17, 15) is 9.59 Å². The Morgan fingerprint density at radius 1 is 1.24 bits per heavy atom. The Balaban J connectivity index is 1.63. The summed E-state index contributed by atoms with van der Waals surface area (Å²) in [5, 5.41) is 4.70. The van der Waals surface area contributed by atoms with Gasteiger partial charge in [0.2, 0.25) is 0 Å². The highest BCUT2D eigenvalue weighted by Crippen LogP contribution is 2.49. The molecule has 0 aromatic heterocycles. The maximum absolute atomic E-state index is 12.3. The van der Waals surface area contributed by atoms with Crippen molar-refractivity contribution in [3.63, 3.8) is 0 Å². The summed E-state index contributed by atoms with van der Waals surface area (Å²) in [7, 11) is 0.